The summed E-state index contributed by atoms with van der Waals surface area (Å²) in [4.78, 5) is 41.3. The molecule has 0 aliphatic rings. The molecule has 0 bridgehead atoms. The molecular formula is C16H16N6O3S. The Labute approximate surface area is 151 Å². The van der Waals surface area contributed by atoms with E-state index >= 15 is 0 Å². The van der Waals surface area contributed by atoms with Crippen LogP contribution in [0.2, 0.25) is 0 Å². The third kappa shape index (κ3) is 3.45. The molecule has 3 aromatic rings. The molecule has 9 nitrogen and oxygen atoms in total. The van der Waals surface area contributed by atoms with Crippen molar-refractivity contribution in [1.29, 1.82) is 0 Å². The Balaban J connectivity index is 1.98. The van der Waals surface area contributed by atoms with Crippen molar-refractivity contribution >= 4 is 23.4 Å². The topological polar surface area (TPSA) is 129 Å². The quantitative estimate of drug-likeness (QED) is 0.469. The molecule has 26 heavy (non-hydrogen) atoms. The van der Waals surface area contributed by atoms with E-state index in [1.165, 1.54) is 17.9 Å². The molecule has 0 unspecified atom stereocenters. The van der Waals surface area contributed by atoms with Gasteiger partial charge in [0.05, 0.1) is 12.3 Å². The highest BCUT2D eigenvalue weighted by molar-refractivity contribution is 7.99. The molecule has 0 radical (unpaired) electrons. The minimum Gasteiger partial charge on any atom is -0.384 e. The van der Waals surface area contributed by atoms with Gasteiger partial charge in [0.25, 0.3) is 5.56 Å². The zero-order chi connectivity index (χ0) is 18.7. The number of hydrogen-bond donors (Lipinski definition) is 2. The number of Topliss-reactive ketones (excluding diaryl/α,β-unsaturated/α-hetero) is 1. The summed E-state index contributed by atoms with van der Waals surface area (Å²) in [6, 6.07) is 9.18. The van der Waals surface area contributed by atoms with Crippen LogP contribution in [0, 0.1) is 0 Å². The molecule has 2 aromatic heterocycles. The summed E-state index contributed by atoms with van der Waals surface area (Å²) in [7, 11) is 1.33. The van der Waals surface area contributed by atoms with Gasteiger partial charge < -0.3 is 5.73 Å². The Morgan fingerprint density at radius 2 is 2.00 bits per heavy atom. The number of carbonyl (C=O) groups is 1. The number of nitrogens with zero attached hydrogens (tertiary/aromatic N) is 4. The molecule has 3 N–H and O–H groups in total. The Morgan fingerprint density at radius 1 is 1.27 bits per heavy atom. The Kier molecular flexibility index (Phi) is 5.03. The van der Waals surface area contributed by atoms with Gasteiger partial charge in [-0.2, -0.15) is 5.10 Å². The van der Waals surface area contributed by atoms with Gasteiger partial charge in [-0.25, -0.2) is 9.78 Å². The monoisotopic (exact) mass is 372 g/mol. The molecule has 10 heteroatoms. The molecule has 0 aliphatic carbocycles. The molecule has 1 aromatic carbocycles. The molecule has 0 amide bonds. The second-order valence-electron chi connectivity index (χ2n) is 5.48. The first-order valence-electron chi connectivity index (χ1n) is 7.63. The third-order valence-electron chi connectivity index (χ3n) is 3.78. The van der Waals surface area contributed by atoms with E-state index in [4.69, 9.17) is 5.73 Å². The Hall–Kier alpha value is -3.14. The van der Waals surface area contributed by atoms with E-state index in [9.17, 15) is 14.4 Å². The van der Waals surface area contributed by atoms with Crippen LogP contribution in [0.3, 0.4) is 0 Å². The van der Waals surface area contributed by atoms with Crippen LogP contribution in [-0.4, -0.2) is 35.9 Å². The van der Waals surface area contributed by atoms with Crippen LogP contribution in [0.1, 0.15) is 15.9 Å². The van der Waals surface area contributed by atoms with Crippen LogP contribution in [0.4, 0.5) is 5.82 Å². The molecule has 0 spiro atoms. The molecule has 3 rings (SSSR count). The molecule has 2 heterocycles. The fourth-order valence-corrected chi connectivity index (χ4v) is 3.09. The minimum atomic E-state index is -0.708. The molecule has 0 saturated heterocycles. The second kappa shape index (κ2) is 7.40. The summed E-state index contributed by atoms with van der Waals surface area (Å²) in [5.41, 5.74) is 5.38. The molecule has 0 fully saturated rings. The van der Waals surface area contributed by atoms with Gasteiger partial charge in [0.1, 0.15) is 17.7 Å². The number of aromatic nitrogens is 5. The van der Waals surface area contributed by atoms with E-state index < -0.39 is 17.0 Å². The van der Waals surface area contributed by atoms with Crippen LogP contribution >= 0.6 is 11.8 Å². The first-order chi connectivity index (χ1) is 12.5. The van der Waals surface area contributed by atoms with Crippen LogP contribution in [0.15, 0.2) is 51.4 Å². The van der Waals surface area contributed by atoms with Crippen molar-refractivity contribution in [2.24, 2.45) is 7.05 Å². The number of anilines is 1. The van der Waals surface area contributed by atoms with E-state index in [1.54, 1.807) is 0 Å². The molecule has 0 atom stereocenters. The predicted molar refractivity (Wildman–Crippen MR) is 97.3 cm³/mol. The van der Waals surface area contributed by atoms with Gasteiger partial charge in [-0.15, -0.1) is 0 Å². The Bertz CT molecular complexity index is 1040. The summed E-state index contributed by atoms with van der Waals surface area (Å²) >= 11 is 1.10. The van der Waals surface area contributed by atoms with Crippen molar-refractivity contribution in [1.82, 2.24) is 24.3 Å². The number of nitrogens with two attached hydrogens (primary N) is 1. The van der Waals surface area contributed by atoms with Crippen molar-refractivity contribution in [2.45, 2.75) is 11.7 Å². The number of benzene rings is 1. The largest absolute Gasteiger partial charge is 0.384 e. The van der Waals surface area contributed by atoms with Crippen molar-refractivity contribution < 1.29 is 4.79 Å². The Morgan fingerprint density at radius 3 is 2.65 bits per heavy atom. The van der Waals surface area contributed by atoms with Gasteiger partial charge >= 0.3 is 5.69 Å². The van der Waals surface area contributed by atoms with Crippen molar-refractivity contribution in [3.63, 3.8) is 0 Å². The van der Waals surface area contributed by atoms with Gasteiger partial charge in [-0.05, 0) is 5.56 Å². The lowest BCUT2D eigenvalue weighted by Crippen LogP contribution is -2.43. The smallest absolute Gasteiger partial charge is 0.332 e. The van der Waals surface area contributed by atoms with E-state index in [0.717, 1.165) is 21.9 Å². The van der Waals surface area contributed by atoms with Gasteiger partial charge in [0.2, 0.25) is 0 Å². The number of ketones is 1. The number of carbonyl (C=O) groups excluding carboxylic acids is 1. The van der Waals surface area contributed by atoms with E-state index in [0.29, 0.717) is 5.16 Å². The lowest BCUT2D eigenvalue weighted by Gasteiger charge is -2.14. The van der Waals surface area contributed by atoms with Crippen LogP contribution in [0.25, 0.3) is 0 Å². The maximum atomic E-state index is 12.6. The summed E-state index contributed by atoms with van der Waals surface area (Å²) in [6.07, 6.45) is 1.32. The number of nitrogen functional groups attached to an aromatic ring is 1. The number of aromatic amines is 1. The minimum absolute atomic E-state index is 0.0574. The van der Waals surface area contributed by atoms with Crippen molar-refractivity contribution in [3.05, 3.63) is 68.6 Å². The second-order valence-corrected chi connectivity index (χ2v) is 6.45. The van der Waals surface area contributed by atoms with E-state index in [-0.39, 0.29) is 23.7 Å². The third-order valence-corrected chi connectivity index (χ3v) is 4.66. The summed E-state index contributed by atoms with van der Waals surface area (Å²) in [5.74, 6) is -0.672. The molecular weight excluding hydrogens is 356 g/mol. The summed E-state index contributed by atoms with van der Waals surface area (Å²) < 4.78 is 2.12. The number of hydrogen-bond acceptors (Lipinski definition) is 7. The lowest BCUT2D eigenvalue weighted by atomic mass is 10.2. The van der Waals surface area contributed by atoms with Gasteiger partial charge in [-0.1, -0.05) is 42.1 Å². The molecule has 0 saturated carbocycles. The fourth-order valence-electron chi connectivity index (χ4n) is 2.43. The lowest BCUT2D eigenvalue weighted by molar-refractivity contribution is 0.102. The normalized spacial score (nSPS) is 10.8. The zero-order valence-corrected chi connectivity index (χ0v) is 14.7. The highest BCUT2D eigenvalue weighted by Crippen LogP contribution is 2.15. The van der Waals surface area contributed by atoms with Crippen LogP contribution in [-0.2, 0) is 13.6 Å². The number of H-pyrrole nitrogens is 1. The zero-order valence-electron chi connectivity index (χ0n) is 13.9. The SMILES string of the molecule is Cn1c(=O)c(C(=O)CSc2ncn[nH]2)c(N)n(Cc2ccccc2)c1=O. The number of rotatable bonds is 6. The van der Waals surface area contributed by atoms with E-state index in [2.05, 4.69) is 15.2 Å². The molecule has 134 valence electrons. The average Bonchev–Trinajstić information content (AvgIpc) is 3.16. The maximum absolute atomic E-state index is 12.6. The van der Waals surface area contributed by atoms with Crippen molar-refractivity contribution in [3.8, 4) is 0 Å². The van der Waals surface area contributed by atoms with E-state index in [1.807, 2.05) is 30.3 Å². The average molecular weight is 372 g/mol. The number of thioether (sulfide) groups is 1. The highest BCUT2D eigenvalue weighted by Gasteiger charge is 2.22. The summed E-state index contributed by atoms with van der Waals surface area (Å²) in [5, 5.41) is 6.76. The first-order valence-corrected chi connectivity index (χ1v) is 8.62. The highest BCUT2D eigenvalue weighted by atomic mass is 32.2. The first kappa shape index (κ1) is 17.7. The van der Waals surface area contributed by atoms with Gasteiger partial charge in [0.15, 0.2) is 10.9 Å². The summed E-state index contributed by atoms with van der Waals surface area (Å²) in [6.45, 7) is 0.162. The molecule has 0 aliphatic heterocycles. The maximum Gasteiger partial charge on any atom is 0.332 e. The standard InChI is InChI=1S/C16H16N6O3S/c1-21-14(24)12(11(23)8-26-15-18-9-19-20-15)13(17)22(16(21)25)7-10-5-3-2-4-6-10/h2-6,9H,7-8,17H2,1H3,(H,18,19,20). The van der Waals surface area contributed by atoms with Crippen LogP contribution < -0.4 is 17.0 Å². The van der Waals surface area contributed by atoms with Crippen molar-refractivity contribution in [2.75, 3.05) is 11.5 Å². The van der Waals surface area contributed by atoms with Crippen LogP contribution in [0.5, 0.6) is 0 Å². The van der Waals surface area contributed by atoms with Gasteiger partial charge in [0, 0.05) is 7.05 Å². The van der Waals surface area contributed by atoms with Gasteiger partial charge in [-0.3, -0.25) is 23.8 Å². The number of nitrogens with one attached hydrogen (secondary N) is 1. The predicted octanol–water partition coefficient (Wildman–Crippen LogP) is 0.271. The fraction of sp³-hybridized carbons (Fsp3) is 0.188.